The highest BCUT2D eigenvalue weighted by Crippen LogP contribution is 2.15. The Kier molecular flexibility index (Phi) is 5.59. The highest BCUT2D eigenvalue weighted by Gasteiger charge is 2.16. The largest absolute Gasteiger partial charge is 0.311 e. The number of pyridine rings is 1. The predicted molar refractivity (Wildman–Crippen MR) is 88.9 cm³/mol. The van der Waals surface area contributed by atoms with E-state index in [1.807, 2.05) is 18.3 Å². The lowest BCUT2D eigenvalue weighted by atomic mass is 10.2. The van der Waals surface area contributed by atoms with Gasteiger partial charge < -0.3 is 4.57 Å². The number of nitrogens with zero attached hydrogens (tertiary/aromatic N) is 4. The lowest BCUT2D eigenvalue weighted by molar-refractivity contribution is 0.168. The molecule has 0 atom stereocenters. The zero-order chi connectivity index (χ0) is 15.4. The second kappa shape index (κ2) is 7.23. The third-order valence-electron chi connectivity index (χ3n) is 3.81. The summed E-state index contributed by atoms with van der Waals surface area (Å²) in [5.41, 5.74) is 1.92. The summed E-state index contributed by atoms with van der Waals surface area (Å²) in [7, 11) is 0. The molecule has 0 spiro atoms. The van der Waals surface area contributed by atoms with Gasteiger partial charge in [-0.3, -0.25) is 4.90 Å². The second-order valence-electron chi connectivity index (χ2n) is 5.89. The zero-order valence-electron chi connectivity index (χ0n) is 13.4. The molecule has 0 N–H and O–H groups in total. The van der Waals surface area contributed by atoms with E-state index in [0.29, 0.717) is 18.0 Å². The van der Waals surface area contributed by atoms with Gasteiger partial charge in [-0.2, -0.15) is 0 Å². The summed E-state index contributed by atoms with van der Waals surface area (Å²) in [4.78, 5) is 11.6. The average molecular weight is 309 g/mol. The summed E-state index contributed by atoms with van der Waals surface area (Å²) in [6, 6.07) is 5.01. The van der Waals surface area contributed by atoms with Crippen molar-refractivity contribution >= 4 is 22.8 Å². The molecule has 0 amide bonds. The number of aryl methyl sites for hydroxylation is 1. The molecule has 2 rings (SSSR count). The molecule has 0 aliphatic carbocycles. The predicted octanol–water partition coefficient (Wildman–Crippen LogP) is 3.33. The number of hydrogen-bond donors (Lipinski definition) is 0. The Morgan fingerprint density at radius 3 is 2.57 bits per heavy atom. The Bertz CT molecular complexity index is 569. The number of aromatic nitrogens is 3. The maximum atomic E-state index is 5.92. The number of rotatable bonds is 7. The molecule has 4 nitrogen and oxygen atoms in total. The van der Waals surface area contributed by atoms with Gasteiger partial charge in [0.05, 0.1) is 0 Å². The van der Waals surface area contributed by atoms with Crippen molar-refractivity contribution in [3.05, 3.63) is 24.2 Å². The minimum Gasteiger partial charge on any atom is -0.311 e. The standard InChI is InChI=1S/C16H25ClN4/c1-12(2)20(13(3)4)10-11-21-15(7-8-17)19-14-6-5-9-18-16(14)21/h5-6,9,12-13H,7-8,10-11H2,1-4H3. The van der Waals surface area contributed by atoms with Crippen molar-refractivity contribution < 1.29 is 0 Å². The molecule has 0 aliphatic heterocycles. The van der Waals surface area contributed by atoms with Gasteiger partial charge in [-0.1, -0.05) is 0 Å². The second-order valence-corrected chi connectivity index (χ2v) is 6.27. The first-order chi connectivity index (χ1) is 10.0. The van der Waals surface area contributed by atoms with Gasteiger partial charge in [0.2, 0.25) is 0 Å². The fourth-order valence-electron chi connectivity index (χ4n) is 2.84. The van der Waals surface area contributed by atoms with Crippen LogP contribution >= 0.6 is 11.6 Å². The van der Waals surface area contributed by atoms with Gasteiger partial charge in [0, 0.05) is 43.7 Å². The van der Waals surface area contributed by atoms with Crippen LogP contribution in [0.25, 0.3) is 11.2 Å². The van der Waals surface area contributed by atoms with E-state index in [-0.39, 0.29) is 0 Å². The quantitative estimate of drug-likeness (QED) is 0.736. The maximum Gasteiger partial charge on any atom is 0.160 e. The van der Waals surface area contributed by atoms with Gasteiger partial charge in [-0.05, 0) is 39.8 Å². The van der Waals surface area contributed by atoms with E-state index in [1.165, 1.54) is 0 Å². The molecule has 5 heteroatoms. The van der Waals surface area contributed by atoms with Crippen molar-refractivity contribution in [1.82, 2.24) is 19.4 Å². The zero-order valence-corrected chi connectivity index (χ0v) is 14.1. The Hall–Kier alpha value is -1.13. The number of halogens is 1. The molecule has 0 fully saturated rings. The van der Waals surface area contributed by atoms with Crippen LogP contribution in [-0.4, -0.2) is 43.9 Å². The van der Waals surface area contributed by atoms with Crippen LogP contribution in [0.2, 0.25) is 0 Å². The van der Waals surface area contributed by atoms with Crippen LogP contribution in [0, 0.1) is 0 Å². The number of alkyl halides is 1. The molecular weight excluding hydrogens is 284 g/mol. The van der Waals surface area contributed by atoms with Crippen molar-refractivity contribution in [1.29, 1.82) is 0 Å². The number of hydrogen-bond acceptors (Lipinski definition) is 3. The smallest absolute Gasteiger partial charge is 0.160 e. The van der Waals surface area contributed by atoms with Gasteiger partial charge in [-0.25, -0.2) is 9.97 Å². The molecular formula is C16H25ClN4. The minimum absolute atomic E-state index is 0.532. The van der Waals surface area contributed by atoms with Crippen molar-refractivity contribution in [2.75, 3.05) is 12.4 Å². The number of imidazole rings is 1. The van der Waals surface area contributed by atoms with E-state index in [0.717, 1.165) is 36.5 Å². The van der Waals surface area contributed by atoms with E-state index >= 15 is 0 Å². The van der Waals surface area contributed by atoms with Crippen LogP contribution in [0.15, 0.2) is 18.3 Å². The highest BCUT2D eigenvalue weighted by molar-refractivity contribution is 6.17. The SMILES string of the molecule is CC(C)N(CCn1c(CCCl)nc2cccnc21)C(C)C. The average Bonchev–Trinajstić information content (AvgIpc) is 2.77. The third kappa shape index (κ3) is 3.74. The highest BCUT2D eigenvalue weighted by atomic mass is 35.5. The van der Waals surface area contributed by atoms with Crippen molar-refractivity contribution in [3.63, 3.8) is 0 Å². The lowest BCUT2D eigenvalue weighted by Crippen LogP contribution is -2.39. The van der Waals surface area contributed by atoms with Crippen LogP contribution in [-0.2, 0) is 13.0 Å². The monoisotopic (exact) mass is 308 g/mol. The Morgan fingerprint density at radius 2 is 1.95 bits per heavy atom. The minimum atomic E-state index is 0.532. The molecule has 2 aromatic rings. The maximum absolute atomic E-state index is 5.92. The van der Waals surface area contributed by atoms with E-state index in [2.05, 4.69) is 47.1 Å². The molecule has 0 radical (unpaired) electrons. The normalized spacial score (nSPS) is 12.2. The van der Waals surface area contributed by atoms with Crippen LogP contribution in [0.4, 0.5) is 0 Å². The summed E-state index contributed by atoms with van der Waals surface area (Å²) in [6.07, 6.45) is 2.61. The van der Waals surface area contributed by atoms with E-state index < -0.39 is 0 Å². The van der Waals surface area contributed by atoms with Gasteiger partial charge in [-0.15, -0.1) is 11.6 Å². The van der Waals surface area contributed by atoms with Gasteiger partial charge in [0.15, 0.2) is 5.65 Å². The van der Waals surface area contributed by atoms with E-state index in [1.54, 1.807) is 0 Å². The summed E-state index contributed by atoms with van der Waals surface area (Å²) in [6.45, 7) is 10.9. The van der Waals surface area contributed by atoms with Crippen molar-refractivity contribution in [2.45, 2.75) is 52.7 Å². The Morgan fingerprint density at radius 1 is 1.24 bits per heavy atom. The first kappa shape index (κ1) is 16.2. The summed E-state index contributed by atoms with van der Waals surface area (Å²) in [5.74, 6) is 1.62. The molecule has 0 aliphatic rings. The fraction of sp³-hybridized carbons (Fsp3) is 0.625. The molecule has 0 saturated carbocycles. The molecule has 0 unspecified atom stereocenters. The van der Waals surface area contributed by atoms with Crippen LogP contribution < -0.4 is 0 Å². The first-order valence-electron chi connectivity index (χ1n) is 7.66. The topological polar surface area (TPSA) is 34.0 Å². The third-order valence-corrected chi connectivity index (χ3v) is 4.00. The number of fused-ring (bicyclic) bond motifs is 1. The lowest BCUT2D eigenvalue weighted by Gasteiger charge is -2.30. The van der Waals surface area contributed by atoms with Crippen molar-refractivity contribution in [3.8, 4) is 0 Å². The van der Waals surface area contributed by atoms with Gasteiger partial charge in [0.1, 0.15) is 11.3 Å². The summed E-state index contributed by atoms with van der Waals surface area (Å²) in [5, 5.41) is 0. The molecule has 2 heterocycles. The van der Waals surface area contributed by atoms with Gasteiger partial charge in [0.25, 0.3) is 0 Å². The summed E-state index contributed by atoms with van der Waals surface area (Å²) >= 11 is 5.92. The van der Waals surface area contributed by atoms with Crippen LogP contribution in [0.3, 0.4) is 0 Å². The van der Waals surface area contributed by atoms with E-state index in [9.17, 15) is 0 Å². The molecule has 21 heavy (non-hydrogen) atoms. The fourth-order valence-corrected chi connectivity index (χ4v) is 3.01. The summed E-state index contributed by atoms with van der Waals surface area (Å²) < 4.78 is 2.22. The molecule has 0 aromatic carbocycles. The van der Waals surface area contributed by atoms with E-state index in [4.69, 9.17) is 11.6 Å². The first-order valence-corrected chi connectivity index (χ1v) is 8.20. The van der Waals surface area contributed by atoms with Crippen LogP contribution in [0.5, 0.6) is 0 Å². The molecule has 2 aromatic heterocycles. The molecule has 0 bridgehead atoms. The Balaban J connectivity index is 2.25. The van der Waals surface area contributed by atoms with Crippen molar-refractivity contribution in [2.24, 2.45) is 0 Å². The van der Waals surface area contributed by atoms with Crippen LogP contribution in [0.1, 0.15) is 33.5 Å². The molecule has 116 valence electrons. The van der Waals surface area contributed by atoms with Gasteiger partial charge >= 0.3 is 0 Å². The molecule has 0 saturated heterocycles. The Labute approximate surface area is 132 Å².